The van der Waals surface area contributed by atoms with E-state index in [0.29, 0.717) is 23.1 Å². The number of ether oxygens (including phenoxy) is 1. The fourth-order valence-electron chi connectivity index (χ4n) is 2.69. The minimum atomic E-state index is -0.308. The maximum absolute atomic E-state index is 13.1. The van der Waals surface area contributed by atoms with Gasteiger partial charge in [-0.25, -0.2) is 4.98 Å². The van der Waals surface area contributed by atoms with Crippen LogP contribution in [0.2, 0.25) is 0 Å². The van der Waals surface area contributed by atoms with Crippen molar-refractivity contribution in [1.29, 1.82) is 0 Å². The van der Waals surface area contributed by atoms with Crippen LogP contribution in [0, 0.1) is 6.92 Å². The summed E-state index contributed by atoms with van der Waals surface area (Å²) in [5.74, 6) is 0.527. The van der Waals surface area contributed by atoms with Gasteiger partial charge in [0.05, 0.1) is 24.0 Å². The van der Waals surface area contributed by atoms with Gasteiger partial charge in [-0.3, -0.25) is 14.7 Å². The number of rotatable bonds is 5. The molecule has 4 aromatic rings. The molecule has 136 valence electrons. The summed E-state index contributed by atoms with van der Waals surface area (Å²) in [5.41, 5.74) is 2.25. The summed E-state index contributed by atoms with van der Waals surface area (Å²) in [4.78, 5) is 23.4. The quantitative estimate of drug-likeness (QED) is 0.523. The molecule has 27 heavy (non-hydrogen) atoms. The van der Waals surface area contributed by atoms with E-state index in [1.54, 1.807) is 37.4 Å². The number of thiazole rings is 1. The van der Waals surface area contributed by atoms with Crippen LogP contribution in [-0.2, 0) is 6.54 Å². The topological polar surface area (TPSA) is 81.4 Å². The van der Waals surface area contributed by atoms with Crippen LogP contribution in [0.4, 0.5) is 5.13 Å². The number of methoxy groups -OCH3 is 1. The van der Waals surface area contributed by atoms with Crippen molar-refractivity contribution in [1.82, 2.24) is 15.1 Å². The summed E-state index contributed by atoms with van der Waals surface area (Å²) >= 11 is 1.42. The second kappa shape index (κ2) is 7.16. The van der Waals surface area contributed by atoms with Crippen molar-refractivity contribution in [2.75, 3.05) is 12.0 Å². The molecule has 0 saturated carbocycles. The molecule has 0 fully saturated rings. The van der Waals surface area contributed by atoms with Gasteiger partial charge in [0.2, 0.25) is 5.76 Å². The van der Waals surface area contributed by atoms with Gasteiger partial charge in [0.15, 0.2) is 5.13 Å². The highest BCUT2D eigenvalue weighted by atomic mass is 32.1. The van der Waals surface area contributed by atoms with E-state index >= 15 is 0 Å². The number of fused-ring (bicyclic) bond motifs is 1. The number of carbonyl (C=O) groups excluding carboxylic acids is 1. The number of carbonyl (C=O) groups is 1. The summed E-state index contributed by atoms with van der Waals surface area (Å²) in [5, 5.41) is 4.37. The van der Waals surface area contributed by atoms with Crippen molar-refractivity contribution < 1.29 is 14.1 Å². The molecule has 0 aliphatic heterocycles. The van der Waals surface area contributed by atoms with E-state index in [1.165, 1.54) is 11.3 Å². The van der Waals surface area contributed by atoms with E-state index < -0.39 is 0 Å². The molecule has 0 saturated heterocycles. The van der Waals surface area contributed by atoms with E-state index in [0.717, 1.165) is 15.8 Å². The van der Waals surface area contributed by atoms with Gasteiger partial charge in [0, 0.05) is 18.5 Å². The Hall–Kier alpha value is -3.26. The minimum absolute atomic E-state index is 0.169. The molecular weight excluding hydrogens is 364 g/mol. The summed E-state index contributed by atoms with van der Waals surface area (Å²) < 4.78 is 11.5. The molecule has 7 nitrogen and oxygen atoms in total. The van der Waals surface area contributed by atoms with Crippen LogP contribution < -0.4 is 9.64 Å². The second-order valence-electron chi connectivity index (χ2n) is 5.89. The molecule has 0 aliphatic carbocycles. The maximum Gasteiger partial charge on any atom is 0.298 e. The predicted octanol–water partition coefficient (Wildman–Crippen LogP) is 3.84. The monoisotopic (exact) mass is 380 g/mol. The zero-order chi connectivity index (χ0) is 18.8. The lowest BCUT2D eigenvalue weighted by Gasteiger charge is -2.18. The molecular formula is C19H16N4O3S. The number of para-hydroxylation sites is 1. The van der Waals surface area contributed by atoms with Gasteiger partial charge < -0.3 is 9.26 Å². The molecule has 8 heteroatoms. The summed E-state index contributed by atoms with van der Waals surface area (Å²) in [6.07, 6.45) is 3.41. The average Bonchev–Trinajstić information content (AvgIpc) is 3.32. The van der Waals surface area contributed by atoms with Gasteiger partial charge in [-0.05, 0) is 30.7 Å². The highest BCUT2D eigenvalue weighted by molar-refractivity contribution is 7.22. The number of hydrogen-bond donors (Lipinski definition) is 0. The van der Waals surface area contributed by atoms with Crippen LogP contribution in [0.1, 0.15) is 21.8 Å². The van der Waals surface area contributed by atoms with Crippen LogP contribution >= 0.6 is 11.3 Å². The first kappa shape index (κ1) is 17.2. The SMILES string of the molecule is COc1cccc2sc(N(Cc3cccnc3)C(=O)c3cc(C)no3)nc12. The highest BCUT2D eigenvalue weighted by Crippen LogP contribution is 2.35. The first-order valence-corrected chi connectivity index (χ1v) is 9.05. The van der Waals surface area contributed by atoms with Crippen LogP contribution in [0.3, 0.4) is 0 Å². The molecule has 4 rings (SSSR count). The number of amides is 1. The standard InChI is InChI=1S/C19H16N4O3S/c1-12-9-15(26-22-12)18(24)23(11-13-5-4-8-20-10-13)19-21-17-14(25-2)6-3-7-16(17)27-19/h3-10H,11H2,1-2H3. The Labute approximate surface area is 159 Å². The van der Waals surface area contributed by atoms with Crippen molar-refractivity contribution in [2.45, 2.75) is 13.5 Å². The Morgan fingerprint density at radius 1 is 1.30 bits per heavy atom. The lowest BCUT2D eigenvalue weighted by Crippen LogP contribution is -2.30. The number of benzene rings is 1. The van der Waals surface area contributed by atoms with Gasteiger partial charge >= 0.3 is 0 Å². The summed E-state index contributed by atoms with van der Waals surface area (Å²) in [6.45, 7) is 2.09. The molecule has 3 heterocycles. The van der Waals surface area contributed by atoms with Gasteiger partial charge in [0.1, 0.15) is 11.3 Å². The number of hydrogen-bond acceptors (Lipinski definition) is 7. The smallest absolute Gasteiger partial charge is 0.298 e. The number of pyridine rings is 1. The lowest BCUT2D eigenvalue weighted by molar-refractivity contribution is 0.0949. The third-order valence-corrected chi connectivity index (χ3v) is 5.01. The average molecular weight is 380 g/mol. The molecule has 0 atom stereocenters. The second-order valence-corrected chi connectivity index (χ2v) is 6.90. The van der Waals surface area contributed by atoms with E-state index in [4.69, 9.17) is 9.26 Å². The fraction of sp³-hybridized carbons (Fsp3) is 0.158. The first-order valence-electron chi connectivity index (χ1n) is 8.23. The van der Waals surface area contributed by atoms with Crippen LogP contribution in [0.5, 0.6) is 5.75 Å². The number of nitrogens with zero attached hydrogens (tertiary/aromatic N) is 4. The van der Waals surface area contributed by atoms with Crippen molar-refractivity contribution >= 4 is 32.6 Å². The number of aryl methyl sites for hydroxylation is 1. The number of aromatic nitrogens is 3. The highest BCUT2D eigenvalue weighted by Gasteiger charge is 2.25. The van der Waals surface area contributed by atoms with Crippen LogP contribution in [0.25, 0.3) is 10.2 Å². The maximum atomic E-state index is 13.1. The first-order chi connectivity index (χ1) is 13.2. The van der Waals surface area contributed by atoms with E-state index in [2.05, 4.69) is 15.1 Å². The third kappa shape index (κ3) is 3.39. The largest absolute Gasteiger partial charge is 0.494 e. The van der Waals surface area contributed by atoms with Gasteiger partial charge in [-0.15, -0.1) is 0 Å². The Balaban J connectivity index is 1.78. The molecule has 0 bridgehead atoms. The van der Waals surface area contributed by atoms with E-state index in [9.17, 15) is 4.79 Å². The fourth-order valence-corrected chi connectivity index (χ4v) is 3.67. The van der Waals surface area contributed by atoms with Crippen molar-refractivity contribution in [3.8, 4) is 5.75 Å². The minimum Gasteiger partial charge on any atom is -0.494 e. The molecule has 0 unspecified atom stereocenters. The van der Waals surface area contributed by atoms with Gasteiger partial charge in [0.25, 0.3) is 5.91 Å². The van der Waals surface area contributed by atoms with Gasteiger partial charge in [-0.2, -0.15) is 0 Å². The molecule has 0 spiro atoms. The molecule has 3 aromatic heterocycles. The zero-order valence-electron chi connectivity index (χ0n) is 14.7. The molecule has 1 amide bonds. The van der Waals surface area contributed by atoms with Crippen LogP contribution in [-0.4, -0.2) is 28.1 Å². The third-order valence-electron chi connectivity index (χ3n) is 3.97. The van der Waals surface area contributed by atoms with E-state index in [-0.39, 0.29) is 11.7 Å². The molecule has 0 N–H and O–H groups in total. The normalized spacial score (nSPS) is 10.9. The lowest BCUT2D eigenvalue weighted by atomic mass is 10.2. The molecule has 0 radical (unpaired) electrons. The molecule has 0 aliphatic rings. The Kier molecular flexibility index (Phi) is 4.55. The Morgan fingerprint density at radius 3 is 2.89 bits per heavy atom. The Bertz CT molecular complexity index is 1090. The summed E-state index contributed by atoms with van der Waals surface area (Å²) in [7, 11) is 1.60. The Morgan fingerprint density at radius 2 is 2.19 bits per heavy atom. The van der Waals surface area contributed by atoms with Gasteiger partial charge in [-0.1, -0.05) is 28.6 Å². The van der Waals surface area contributed by atoms with Crippen molar-refractivity contribution in [3.05, 3.63) is 65.8 Å². The predicted molar refractivity (Wildman–Crippen MR) is 102 cm³/mol. The summed E-state index contributed by atoms with van der Waals surface area (Å²) in [6, 6.07) is 11.1. The van der Waals surface area contributed by atoms with Crippen LogP contribution in [0.15, 0.2) is 53.3 Å². The van der Waals surface area contributed by atoms with Crippen molar-refractivity contribution in [2.24, 2.45) is 0 Å². The zero-order valence-corrected chi connectivity index (χ0v) is 15.6. The number of anilines is 1. The molecule has 1 aromatic carbocycles. The van der Waals surface area contributed by atoms with Crippen molar-refractivity contribution in [3.63, 3.8) is 0 Å². The van der Waals surface area contributed by atoms with E-state index in [1.807, 2.05) is 30.3 Å².